The van der Waals surface area contributed by atoms with Crippen LogP contribution in [0.4, 0.5) is 16.4 Å². The Bertz CT molecular complexity index is 1330. The van der Waals surface area contributed by atoms with E-state index in [0.717, 1.165) is 60.8 Å². The van der Waals surface area contributed by atoms with Gasteiger partial charge < -0.3 is 20.4 Å². The van der Waals surface area contributed by atoms with Gasteiger partial charge in [0.1, 0.15) is 5.60 Å². The lowest BCUT2D eigenvalue weighted by atomic mass is 10.1. The smallest absolute Gasteiger partial charge is 0.407 e. The van der Waals surface area contributed by atoms with Crippen LogP contribution < -0.4 is 10.6 Å². The molecule has 0 radical (unpaired) electrons. The SMILES string of the molecule is CC(C)(C)OC(=O)NCCCCCCCn1cc(Nc2ncc(Cl)c(-c3c[nH]c4ccccc34)n2)cn1. The van der Waals surface area contributed by atoms with Crippen LogP contribution in [0, 0.1) is 0 Å². The highest BCUT2D eigenvalue weighted by Crippen LogP contribution is 2.32. The van der Waals surface area contributed by atoms with Gasteiger partial charge >= 0.3 is 6.09 Å². The van der Waals surface area contributed by atoms with Gasteiger partial charge in [0.2, 0.25) is 5.95 Å². The number of unbranched alkanes of at least 4 members (excludes halogenated alkanes) is 4. The Morgan fingerprint density at radius 2 is 1.89 bits per heavy atom. The summed E-state index contributed by atoms with van der Waals surface area (Å²) < 4.78 is 7.15. The van der Waals surface area contributed by atoms with E-state index < -0.39 is 5.60 Å². The average molecular weight is 524 g/mol. The van der Waals surface area contributed by atoms with E-state index in [0.29, 0.717) is 23.2 Å². The number of carbonyl (C=O) groups is 1. The summed E-state index contributed by atoms with van der Waals surface area (Å²) in [6.07, 6.45) is 12.1. The minimum Gasteiger partial charge on any atom is -0.444 e. The van der Waals surface area contributed by atoms with Gasteiger partial charge in [0.15, 0.2) is 0 Å². The molecule has 0 saturated heterocycles. The molecule has 4 rings (SSSR count). The topological polar surface area (TPSA) is 110 Å². The van der Waals surface area contributed by atoms with Gasteiger partial charge in [0, 0.05) is 41.9 Å². The number of hydrogen-bond acceptors (Lipinski definition) is 6. The highest BCUT2D eigenvalue weighted by molar-refractivity contribution is 6.33. The summed E-state index contributed by atoms with van der Waals surface area (Å²) in [5.74, 6) is 0.462. The van der Waals surface area contributed by atoms with E-state index in [9.17, 15) is 4.79 Å². The number of nitrogens with zero attached hydrogens (tertiary/aromatic N) is 4. The zero-order chi connectivity index (χ0) is 26.3. The molecule has 3 heterocycles. The number of alkyl carbamates (subject to hydrolysis) is 1. The lowest BCUT2D eigenvalue weighted by molar-refractivity contribution is 0.0527. The number of amides is 1. The molecule has 0 aliphatic carbocycles. The summed E-state index contributed by atoms with van der Waals surface area (Å²) in [7, 11) is 0. The molecule has 37 heavy (non-hydrogen) atoms. The van der Waals surface area contributed by atoms with Gasteiger partial charge in [0.05, 0.1) is 28.8 Å². The fourth-order valence-electron chi connectivity index (χ4n) is 4.00. The number of hydrogen-bond donors (Lipinski definition) is 3. The first-order chi connectivity index (χ1) is 17.8. The van der Waals surface area contributed by atoms with Crippen LogP contribution in [0.25, 0.3) is 22.2 Å². The zero-order valence-corrected chi connectivity index (χ0v) is 22.3. The molecule has 0 aliphatic heterocycles. The second-order valence-corrected chi connectivity index (χ2v) is 10.4. The van der Waals surface area contributed by atoms with Gasteiger partial charge in [-0.3, -0.25) is 4.68 Å². The number of aryl methyl sites for hydroxylation is 1. The van der Waals surface area contributed by atoms with Crippen LogP contribution in [-0.2, 0) is 11.3 Å². The number of halogens is 1. The van der Waals surface area contributed by atoms with Crippen molar-refractivity contribution in [2.24, 2.45) is 0 Å². The number of carbonyl (C=O) groups excluding carboxylic acids is 1. The average Bonchev–Trinajstić information content (AvgIpc) is 3.48. The molecular formula is C27H34ClN7O2. The van der Waals surface area contributed by atoms with Gasteiger partial charge in [-0.1, -0.05) is 49.1 Å². The molecule has 1 aromatic carbocycles. The Kier molecular flexibility index (Phi) is 8.66. The number of nitrogens with one attached hydrogen (secondary N) is 3. The third kappa shape index (κ3) is 7.69. The van der Waals surface area contributed by atoms with Gasteiger partial charge in [-0.05, 0) is 39.7 Å². The largest absolute Gasteiger partial charge is 0.444 e. The molecule has 0 bridgehead atoms. The third-order valence-electron chi connectivity index (χ3n) is 5.71. The van der Waals surface area contributed by atoms with Crippen LogP contribution >= 0.6 is 11.6 Å². The van der Waals surface area contributed by atoms with Gasteiger partial charge in [0.25, 0.3) is 0 Å². The Morgan fingerprint density at radius 1 is 1.11 bits per heavy atom. The second kappa shape index (κ2) is 12.1. The van der Waals surface area contributed by atoms with Crippen molar-refractivity contribution in [3.8, 4) is 11.3 Å². The molecule has 4 aromatic rings. The third-order valence-corrected chi connectivity index (χ3v) is 5.99. The van der Waals surface area contributed by atoms with Crippen LogP contribution in [-0.4, -0.2) is 43.0 Å². The van der Waals surface area contributed by atoms with Crippen LogP contribution in [0.3, 0.4) is 0 Å². The van der Waals surface area contributed by atoms with E-state index in [2.05, 4.69) is 30.7 Å². The molecule has 196 valence electrons. The highest BCUT2D eigenvalue weighted by Gasteiger charge is 2.15. The Hall–Kier alpha value is -3.59. The van der Waals surface area contributed by atoms with Crippen molar-refractivity contribution in [2.45, 2.75) is 65.0 Å². The standard InChI is InChI=1S/C27H34ClN7O2/c1-27(2,3)37-26(36)29-13-9-5-4-6-10-14-35-18-19(15-32-35)33-25-31-17-22(28)24(34-25)21-16-30-23-12-8-7-11-20(21)23/h7-8,11-12,15-18,30H,4-6,9-10,13-14H2,1-3H3,(H,29,36)(H,31,33,34). The predicted octanol–water partition coefficient (Wildman–Crippen LogP) is 6.69. The minimum atomic E-state index is -0.464. The number of fused-ring (bicyclic) bond motifs is 1. The van der Waals surface area contributed by atoms with Crippen molar-refractivity contribution < 1.29 is 9.53 Å². The fraction of sp³-hybridized carbons (Fsp3) is 0.407. The molecule has 1 amide bonds. The number of aromatic nitrogens is 5. The molecular weight excluding hydrogens is 490 g/mol. The molecule has 3 N–H and O–H groups in total. The maximum absolute atomic E-state index is 11.6. The number of ether oxygens (including phenoxy) is 1. The van der Waals surface area contributed by atoms with Crippen molar-refractivity contribution in [3.63, 3.8) is 0 Å². The summed E-state index contributed by atoms with van der Waals surface area (Å²) in [4.78, 5) is 23.9. The molecule has 0 saturated carbocycles. The lowest BCUT2D eigenvalue weighted by Crippen LogP contribution is -2.32. The highest BCUT2D eigenvalue weighted by atomic mass is 35.5. The first-order valence-corrected chi connectivity index (χ1v) is 13.0. The van der Waals surface area contributed by atoms with E-state index in [1.165, 1.54) is 0 Å². The van der Waals surface area contributed by atoms with Crippen molar-refractivity contribution >= 4 is 40.2 Å². The number of anilines is 2. The quantitative estimate of drug-likeness (QED) is 0.189. The zero-order valence-electron chi connectivity index (χ0n) is 21.6. The number of benzene rings is 1. The summed E-state index contributed by atoms with van der Waals surface area (Å²) >= 11 is 6.44. The summed E-state index contributed by atoms with van der Waals surface area (Å²) in [5, 5.41) is 12.0. The van der Waals surface area contributed by atoms with E-state index in [4.69, 9.17) is 16.3 Å². The van der Waals surface area contributed by atoms with E-state index in [1.807, 2.05) is 62.1 Å². The number of rotatable bonds is 11. The first kappa shape index (κ1) is 26.5. The van der Waals surface area contributed by atoms with Crippen molar-refractivity contribution in [2.75, 3.05) is 11.9 Å². The van der Waals surface area contributed by atoms with Crippen LogP contribution in [0.2, 0.25) is 5.02 Å². The lowest BCUT2D eigenvalue weighted by Gasteiger charge is -2.19. The Balaban J connectivity index is 1.20. The predicted molar refractivity (Wildman–Crippen MR) is 147 cm³/mol. The normalized spacial score (nSPS) is 11.6. The molecule has 0 unspecified atom stereocenters. The Morgan fingerprint density at radius 3 is 2.73 bits per heavy atom. The first-order valence-electron chi connectivity index (χ1n) is 12.6. The van der Waals surface area contributed by atoms with Gasteiger partial charge in [-0.2, -0.15) is 5.10 Å². The van der Waals surface area contributed by atoms with Crippen LogP contribution in [0.5, 0.6) is 0 Å². The van der Waals surface area contributed by atoms with Crippen molar-refractivity contribution in [1.29, 1.82) is 0 Å². The maximum Gasteiger partial charge on any atom is 0.407 e. The van der Waals surface area contributed by atoms with Crippen LogP contribution in [0.15, 0.2) is 49.1 Å². The summed E-state index contributed by atoms with van der Waals surface area (Å²) in [6.45, 7) is 7.05. The number of aromatic amines is 1. The maximum atomic E-state index is 11.6. The molecule has 0 atom stereocenters. The minimum absolute atomic E-state index is 0.353. The second-order valence-electron chi connectivity index (χ2n) is 9.95. The molecule has 0 aliphatic rings. The molecule has 0 spiro atoms. The van der Waals surface area contributed by atoms with E-state index >= 15 is 0 Å². The molecule has 9 nitrogen and oxygen atoms in total. The Labute approximate surface area is 222 Å². The van der Waals surface area contributed by atoms with E-state index in [1.54, 1.807) is 12.4 Å². The molecule has 3 aromatic heterocycles. The number of H-pyrrole nitrogens is 1. The van der Waals surface area contributed by atoms with Gasteiger partial charge in [-0.25, -0.2) is 14.8 Å². The summed E-state index contributed by atoms with van der Waals surface area (Å²) in [6, 6.07) is 8.04. The fourth-order valence-corrected chi connectivity index (χ4v) is 4.19. The number of para-hydroxylation sites is 1. The molecule has 0 fully saturated rings. The summed E-state index contributed by atoms with van der Waals surface area (Å²) in [5.41, 5.74) is 2.99. The van der Waals surface area contributed by atoms with Gasteiger partial charge in [-0.15, -0.1) is 0 Å². The van der Waals surface area contributed by atoms with Crippen molar-refractivity contribution in [3.05, 3.63) is 54.1 Å². The monoisotopic (exact) mass is 523 g/mol. The van der Waals surface area contributed by atoms with Crippen LogP contribution in [0.1, 0.15) is 52.9 Å². The van der Waals surface area contributed by atoms with E-state index in [-0.39, 0.29) is 6.09 Å². The van der Waals surface area contributed by atoms with Crippen molar-refractivity contribution in [1.82, 2.24) is 30.0 Å². The molecule has 10 heteroatoms.